The third-order valence-electron chi connectivity index (χ3n) is 10.7. The van der Waals surface area contributed by atoms with Crippen LogP contribution in [0.1, 0.15) is 133 Å². The zero-order chi connectivity index (χ0) is 38.5. The zero-order valence-electron chi connectivity index (χ0n) is 32.6. The molecule has 3 rings (SSSR count). The zero-order valence-corrected chi connectivity index (χ0v) is 33.4. The van der Waals surface area contributed by atoms with Crippen molar-refractivity contribution in [3.05, 3.63) is 12.2 Å². The first-order valence-corrected chi connectivity index (χ1v) is 20.6. The molecule has 12 nitrogen and oxygen atoms in total. The first-order chi connectivity index (χ1) is 23.5. The average Bonchev–Trinajstić information content (AvgIpc) is 3.72. The standard InChI is InChI=1S/C38H65N5O7S/c1-11-12-16-28(30(44)33(46)39-27-17-18-27)40-32(45)29-21-26(25(4)24(2)3)22-43(29)34(47)31(36(5,6)7)41-35(48)42-38(19-14-13-15-20-38)23-51(49,50)37(8,9)10/h24,26-29,31H,4,11-23H2,1-3,5-10H3,(H,39,46)(H,40,45)(H2,41,42,48)/t26-,28-,29+,31-/m1/s1. The minimum absolute atomic E-state index is 0.00959. The average molecular weight is 736 g/mol. The highest BCUT2D eigenvalue weighted by Gasteiger charge is 2.48. The number of urea groups is 1. The number of unbranched alkanes of at least 4 members (excludes halogenated alkanes) is 1. The van der Waals surface area contributed by atoms with Gasteiger partial charge in [0.15, 0.2) is 9.84 Å². The van der Waals surface area contributed by atoms with E-state index in [2.05, 4.69) is 27.8 Å². The van der Waals surface area contributed by atoms with Gasteiger partial charge in [0.25, 0.3) is 5.91 Å². The van der Waals surface area contributed by atoms with Crippen molar-refractivity contribution in [3.8, 4) is 0 Å². The van der Waals surface area contributed by atoms with E-state index in [0.717, 1.165) is 44.1 Å². The van der Waals surface area contributed by atoms with Crippen molar-refractivity contribution in [2.45, 2.75) is 167 Å². The lowest BCUT2D eigenvalue weighted by Gasteiger charge is -2.41. The molecule has 0 aromatic carbocycles. The second-order valence-electron chi connectivity index (χ2n) is 17.6. The molecule has 1 saturated heterocycles. The van der Waals surface area contributed by atoms with Gasteiger partial charge in [0, 0.05) is 12.6 Å². The van der Waals surface area contributed by atoms with Crippen LogP contribution in [-0.2, 0) is 29.0 Å². The van der Waals surface area contributed by atoms with Crippen LogP contribution in [0.2, 0.25) is 0 Å². The second-order valence-corrected chi connectivity index (χ2v) is 20.3. The maximum absolute atomic E-state index is 14.6. The summed E-state index contributed by atoms with van der Waals surface area (Å²) >= 11 is 0. The van der Waals surface area contributed by atoms with Gasteiger partial charge in [-0.05, 0) is 76.5 Å². The predicted molar refractivity (Wildman–Crippen MR) is 199 cm³/mol. The Balaban J connectivity index is 1.89. The first kappa shape index (κ1) is 42.5. The van der Waals surface area contributed by atoms with Crippen molar-refractivity contribution in [2.75, 3.05) is 12.3 Å². The van der Waals surface area contributed by atoms with Crippen molar-refractivity contribution >= 4 is 39.4 Å². The number of ketones is 1. The normalized spacial score (nSPS) is 22.1. The van der Waals surface area contributed by atoms with E-state index in [4.69, 9.17) is 0 Å². The van der Waals surface area contributed by atoms with E-state index >= 15 is 0 Å². The number of nitrogens with zero attached hydrogens (tertiary/aromatic N) is 1. The van der Waals surface area contributed by atoms with Crippen LogP contribution in [0.4, 0.5) is 4.79 Å². The minimum Gasteiger partial charge on any atom is -0.347 e. The van der Waals surface area contributed by atoms with E-state index in [1.54, 1.807) is 20.8 Å². The number of hydrogen-bond acceptors (Lipinski definition) is 7. The third kappa shape index (κ3) is 11.3. The fraction of sp³-hybridized carbons (Fsp3) is 0.816. The Labute approximate surface area is 306 Å². The number of carbonyl (C=O) groups is 5. The summed E-state index contributed by atoms with van der Waals surface area (Å²) in [5.74, 6) is -2.69. The molecule has 0 spiro atoms. The van der Waals surface area contributed by atoms with Crippen LogP contribution in [0, 0.1) is 17.3 Å². The molecule has 51 heavy (non-hydrogen) atoms. The Morgan fingerprint density at radius 1 is 0.941 bits per heavy atom. The molecule has 1 aliphatic heterocycles. The summed E-state index contributed by atoms with van der Waals surface area (Å²) in [5, 5.41) is 11.4. The largest absolute Gasteiger partial charge is 0.347 e. The number of Topliss-reactive ketones (excluding diaryl/α,β-unsaturated/α-hetero) is 1. The summed E-state index contributed by atoms with van der Waals surface area (Å²) in [6, 6.07) is -3.70. The minimum atomic E-state index is -3.58. The van der Waals surface area contributed by atoms with E-state index in [9.17, 15) is 32.4 Å². The van der Waals surface area contributed by atoms with Crippen molar-refractivity contribution in [3.63, 3.8) is 0 Å². The van der Waals surface area contributed by atoms with Gasteiger partial charge in [0.2, 0.25) is 17.6 Å². The van der Waals surface area contributed by atoms with Gasteiger partial charge in [-0.15, -0.1) is 0 Å². The molecular formula is C38H65N5O7S. The highest BCUT2D eigenvalue weighted by molar-refractivity contribution is 7.92. The van der Waals surface area contributed by atoms with Crippen molar-refractivity contribution in [2.24, 2.45) is 17.3 Å². The van der Waals surface area contributed by atoms with Crippen LogP contribution >= 0.6 is 0 Å². The molecule has 4 N–H and O–H groups in total. The summed E-state index contributed by atoms with van der Waals surface area (Å²) in [6.07, 6.45) is 7.12. The molecule has 3 fully saturated rings. The molecule has 2 saturated carbocycles. The monoisotopic (exact) mass is 735 g/mol. The molecule has 290 valence electrons. The van der Waals surface area contributed by atoms with E-state index in [-0.39, 0.29) is 36.6 Å². The first-order valence-electron chi connectivity index (χ1n) is 19.0. The maximum atomic E-state index is 14.6. The molecule has 4 atom stereocenters. The summed E-state index contributed by atoms with van der Waals surface area (Å²) in [6.45, 7) is 20.9. The van der Waals surface area contributed by atoms with Crippen molar-refractivity contribution in [1.29, 1.82) is 0 Å². The van der Waals surface area contributed by atoms with Gasteiger partial charge in [-0.25, -0.2) is 13.2 Å². The number of amides is 5. The van der Waals surface area contributed by atoms with Gasteiger partial charge in [-0.2, -0.15) is 0 Å². The van der Waals surface area contributed by atoms with E-state index in [1.807, 2.05) is 41.5 Å². The van der Waals surface area contributed by atoms with Gasteiger partial charge < -0.3 is 26.2 Å². The van der Waals surface area contributed by atoms with Gasteiger partial charge in [0.1, 0.15) is 12.1 Å². The van der Waals surface area contributed by atoms with Crippen LogP contribution in [0.3, 0.4) is 0 Å². The Kier molecular flexibility index (Phi) is 14.0. The summed E-state index contributed by atoms with van der Waals surface area (Å²) < 4.78 is 25.7. The lowest BCUT2D eigenvalue weighted by atomic mass is 9.83. The molecule has 3 aliphatic rings. The van der Waals surface area contributed by atoms with Crippen LogP contribution in [0.25, 0.3) is 0 Å². The molecule has 0 aromatic heterocycles. The lowest BCUT2D eigenvalue weighted by Crippen LogP contribution is -2.63. The van der Waals surface area contributed by atoms with Crippen LogP contribution in [0.15, 0.2) is 12.2 Å². The lowest BCUT2D eigenvalue weighted by molar-refractivity contribution is -0.144. The fourth-order valence-corrected chi connectivity index (χ4v) is 8.51. The van der Waals surface area contributed by atoms with Gasteiger partial charge >= 0.3 is 6.03 Å². The van der Waals surface area contributed by atoms with Gasteiger partial charge in [-0.3, -0.25) is 19.2 Å². The molecule has 5 amide bonds. The van der Waals surface area contributed by atoms with Gasteiger partial charge in [-0.1, -0.05) is 85.8 Å². The number of rotatable bonds is 15. The molecule has 0 radical (unpaired) electrons. The van der Waals surface area contributed by atoms with Gasteiger partial charge in [0.05, 0.1) is 22.1 Å². The molecule has 0 bridgehead atoms. The summed E-state index contributed by atoms with van der Waals surface area (Å²) in [4.78, 5) is 69.9. The van der Waals surface area contributed by atoms with E-state index < -0.39 is 73.2 Å². The molecular weight excluding hydrogens is 671 g/mol. The SMILES string of the molecule is C=C(C(C)C)[C@@H]1C[C@@H](C(=O)N[C@H](CCCC)C(=O)C(=O)NC2CC2)N(C(=O)[C@@H](NC(=O)NC2(CS(=O)(=O)C(C)(C)C)CCCCC2)C(C)(C)C)C1. The van der Waals surface area contributed by atoms with E-state index in [1.165, 1.54) is 4.90 Å². The highest BCUT2D eigenvalue weighted by Crippen LogP contribution is 2.35. The Hall–Kier alpha value is -2.96. The van der Waals surface area contributed by atoms with Crippen LogP contribution in [0.5, 0.6) is 0 Å². The third-order valence-corrected chi connectivity index (χ3v) is 13.5. The second kappa shape index (κ2) is 16.8. The maximum Gasteiger partial charge on any atom is 0.315 e. The molecule has 0 unspecified atom stereocenters. The number of likely N-dealkylation sites (tertiary alicyclic amines) is 1. The molecule has 2 aliphatic carbocycles. The summed E-state index contributed by atoms with van der Waals surface area (Å²) in [5.41, 5.74) is -0.870. The van der Waals surface area contributed by atoms with Crippen LogP contribution in [-0.4, -0.2) is 89.6 Å². The number of nitrogens with one attached hydrogen (secondary N) is 4. The quantitative estimate of drug-likeness (QED) is 0.141. The van der Waals surface area contributed by atoms with Crippen molar-refractivity contribution in [1.82, 2.24) is 26.2 Å². The number of hydrogen-bond donors (Lipinski definition) is 4. The fourth-order valence-electron chi connectivity index (χ4n) is 6.99. The van der Waals surface area contributed by atoms with Crippen LogP contribution < -0.4 is 21.3 Å². The Bertz CT molecular complexity index is 1420. The smallest absolute Gasteiger partial charge is 0.315 e. The number of carbonyl (C=O) groups excluding carboxylic acids is 5. The van der Waals surface area contributed by atoms with Crippen molar-refractivity contribution < 1.29 is 32.4 Å². The Morgan fingerprint density at radius 2 is 1.55 bits per heavy atom. The molecule has 13 heteroatoms. The summed E-state index contributed by atoms with van der Waals surface area (Å²) in [7, 11) is -3.58. The Morgan fingerprint density at radius 3 is 2.06 bits per heavy atom. The predicted octanol–water partition coefficient (Wildman–Crippen LogP) is 4.57. The number of sulfone groups is 1. The topological polar surface area (TPSA) is 171 Å². The van der Waals surface area contributed by atoms with E-state index in [0.29, 0.717) is 25.7 Å². The highest BCUT2D eigenvalue weighted by atomic mass is 32.2. The molecule has 1 heterocycles. The molecule has 0 aromatic rings.